The standard InChI is InChI=1S/C7H14O4.C6H14O2/c1-3-5(2)4-6(8)11-7(9)10;1-2-3-4-5-6(7)8/h5-6,8H,3-4H2,1-2H3,(H,9,10);6-8H,2-5H2,1H3. The molecule has 19 heavy (non-hydrogen) atoms. The summed E-state index contributed by atoms with van der Waals surface area (Å²) in [5, 5.41) is 33.7. The van der Waals surface area contributed by atoms with Gasteiger partial charge in [0.25, 0.3) is 0 Å². The van der Waals surface area contributed by atoms with E-state index in [0.29, 0.717) is 12.8 Å². The van der Waals surface area contributed by atoms with Crippen molar-refractivity contribution in [2.45, 2.75) is 71.9 Å². The number of aliphatic hydroxyl groups is 3. The Morgan fingerprint density at radius 2 is 1.74 bits per heavy atom. The molecule has 0 aliphatic rings. The fourth-order valence-electron chi connectivity index (χ4n) is 1.25. The number of aliphatic hydroxyl groups excluding tert-OH is 2. The molecule has 6 nitrogen and oxygen atoms in total. The Hall–Kier alpha value is -0.850. The largest absolute Gasteiger partial charge is 0.508 e. The molecule has 0 saturated heterocycles. The van der Waals surface area contributed by atoms with Crippen molar-refractivity contribution < 1.29 is 30.0 Å². The van der Waals surface area contributed by atoms with E-state index in [9.17, 15) is 4.79 Å². The smallest absolute Gasteiger partial charge is 0.450 e. The zero-order valence-corrected chi connectivity index (χ0v) is 12.1. The monoisotopic (exact) mass is 280 g/mol. The van der Waals surface area contributed by atoms with Gasteiger partial charge in [-0.15, -0.1) is 0 Å². The van der Waals surface area contributed by atoms with Crippen molar-refractivity contribution >= 4 is 6.16 Å². The fourth-order valence-corrected chi connectivity index (χ4v) is 1.25. The van der Waals surface area contributed by atoms with Crippen molar-refractivity contribution in [2.24, 2.45) is 5.92 Å². The van der Waals surface area contributed by atoms with Crippen LogP contribution < -0.4 is 0 Å². The summed E-state index contributed by atoms with van der Waals surface area (Å²) >= 11 is 0. The maximum absolute atomic E-state index is 9.90. The lowest BCUT2D eigenvalue weighted by molar-refractivity contribution is -0.0815. The highest BCUT2D eigenvalue weighted by molar-refractivity contribution is 5.56. The van der Waals surface area contributed by atoms with Crippen molar-refractivity contribution in [3.05, 3.63) is 0 Å². The van der Waals surface area contributed by atoms with Gasteiger partial charge in [-0.1, -0.05) is 40.0 Å². The second-order valence-corrected chi connectivity index (χ2v) is 4.56. The second kappa shape index (κ2) is 13.6. The summed E-state index contributed by atoms with van der Waals surface area (Å²) in [7, 11) is 0. The third-order valence-electron chi connectivity index (χ3n) is 2.60. The van der Waals surface area contributed by atoms with Crippen LogP contribution in [0.1, 0.15) is 59.3 Å². The Kier molecular flexibility index (Phi) is 14.6. The van der Waals surface area contributed by atoms with E-state index in [0.717, 1.165) is 25.7 Å². The van der Waals surface area contributed by atoms with Crippen LogP contribution in [0.5, 0.6) is 0 Å². The molecule has 6 heteroatoms. The normalized spacial score (nSPS) is 13.4. The van der Waals surface area contributed by atoms with E-state index in [1.165, 1.54) is 0 Å². The summed E-state index contributed by atoms with van der Waals surface area (Å²) in [6, 6.07) is 0. The molecular formula is C13H28O6. The third kappa shape index (κ3) is 19.7. The Bertz CT molecular complexity index is 207. The molecule has 4 N–H and O–H groups in total. The average Bonchev–Trinajstić information content (AvgIpc) is 2.28. The molecule has 0 bridgehead atoms. The second-order valence-electron chi connectivity index (χ2n) is 4.56. The maximum Gasteiger partial charge on any atom is 0.508 e. The van der Waals surface area contributed by atoms with Gasteiger partial charge in [0.2, 0.25) is 6.29 Å². The molecule has 0 radical (unpaired) electrons. The van der Waals surface area contributed by atoms with E-state index in [2.05, 4.69) is 11.7 Å². The molecule has 116 valence electrons. The molecule has 0 aromatic heterocycles. The number of rotatable bonds is 8. The number of unbranched alkanes of at least 4 members (excludes halogenated alkanes) is 2. The van der Waals surface area contributed by atoms with E-state index >= 15 is 0 Å². The number of ether oxygens (including phenoxy) is 1. The highest BCUT2D eigenvalue weighted by Gasteiger charge is 2.12. The summed E-state index contributed by atoms with van der Waals surface area (Å²) in [6.07, 6.45) is 1.24. The van der Waals surface area contributed by atoms with Gasteiger partial charge in [0, 0.05) is 6.42 Å². The molecule has 0 saturated carbocycles. The molecule has 0 aliphatic carbocycles. The Labute approximate surface area is 115 Å². The molecule has 0 aromatic carbocycles. The lowest BCUT2D eigenvalue weighted by atomic mass is 10.1. The minimum Gasteiger partial charge on any atom is -0.450 e. The zero-order chi connectivity index (χ0) is 15.3. The van der Waals surface area contributed by atoms with Gasteiger partial charge in [0.05, 0.1) is 0 Å². The quantitative estimate of drug-likeness (QED) is 0.309. The van der Waals surface area contributed by atoms with Gasteiger partial charge in [-0.05, 0) is 18.8 Å². The molecule has 0 spiro atoms. The molecule has 0 aromatic rings. The fraction of sp³-hybridized carbons (Fsp3) is 0.923. The maximum atomic E-state index is 9.90. The van der Waals surface area contributed by atoms with Gasteiger partial charge in [-0.3, -0.25) is 0 Å². The Morgan fingerprint density at radius 1 is 1.16 bits per heavy atom. The minimum absolute atomic E-state index is 0.282. The van der Waals surface area contributed by atoms with Crippen molar-refractivity contribution in [3.8, 4) is 0 Å². The molecule has 0 amide bonds. The zero-order valence-electron chi connectivity index (χ0n) is 12.1. The topological polar surface area (TPSA) is 107 Å². The summed E-state index contributed by atoms with van der Waals surface area (Å²) in [4.78, 5) is 9.90. The van der Waals surface area contributed by atoms with Crippen molar-refractivity contribution in [2.75, 3.05) is 0 Å². The molecule has 0 rings (SSSR count). The van der Waals surface area contributed by atoms with Gasteiger partial charge in [-0.2, -0.15) is 0 Å². The van der Waals surface area contributed by atoms with Crippen LogP contribution in [0.4, 0.5) is 4.79 Å². The van der Waals surface area contributed by atoms with Gasteiger partial charge >= 0.3 is 6.16 Å². The predicted octanol–water partition coefficient (Wildman–Crippen LogP) is 2.31. The van der Waals surface area contributed by atoms with E-state index in [1.54, 1.807) is 0 Å². The lowest BCUT2D eigenvalue weighted by Gasteiger charge is -2.12. The van der Waals surface area contributed by atoms with Crippen LogP contribution >= 0.6 is 0 Å². The molecule has 0 heterocycles. The van der Waals surface area contributed by atoms with Gasteiger partial charge in [-0.25, -0.2) is 4.79 Å². The Morgan fingerprint density at radius 3 is 2.11 bits per heavy atom. The van der Waals surface area contributed by atoms with Crippen LogP contribution in [0, 0.1) is 5.92 Å². The summed E-state index contributed by atoms with van der Waals surface area (Å²) < 4.78 is 4.09. The van der Waals surface area contributed by atoms with Crippen LogP contribution in [0.2, 0.25) is 0 Å². The van der Waals surface area contributed by atoms with Crippen molar-refractivity contribution in [3.63, 3.8) is 0 Å². The SMILES string of the molecule is CCC(C)CC(O)OC(=O)O.CCCCCC(O)O. The Balaban J connectivity index is 0. The molecular weight excluding hydrogens is 252 g/mol. The number of hydrogen-bond acceptors (Lipinski definition) is 5. The average molecular weight is 280 g/mol. The number of hydrogen-bond donors (Lipinski definition) is 4. The van der Waals surface area contributed by atoms with Gasteiger partial charge in [0.15, 0.2) is 6.29 Å². The summed E-state index contributed by atoms with van der Waals surface area (Å²) in [5.74, 6) is 0.282. The minimum atomic E-state index is -1.43. The van der Waals surface area contributed by atoms with E-state index in [1.807, 2.05) is 13.8 Å². The molecule has 2 unspecified atom stereocenters. The van der Waals surface area contributed by atoms with Crippen LogP contribution in [-0.2, 0) is 4.74 Å². The van der Waals surface area contributed by atoms with Crippen LogP contribution in [0.3, 0.4) is 0 Å². The third-order valence-corrected chi connectivity index (χ3v) is 2.60. The summed E-state index contributed by atoms with van der Waals surface area (Å²) in [5.41, 5.74) is 0. The van der Waals surface area contributed by atoms with Crippen molar-refractivity contribution in [1.29, 1.82) is 0 Å². The van der Waals surface area contributed by atoms with E-state index in [4.69, 9.17) is 20.4 Å². The number of carboxylic acid groups (broad SMARTS) is 1. The van der Waals surface area contributed by atoms with Gasteiger partial charge in [0.1, 0.15) is 0 Å². The first-order chi connectivity index (χ1) is 8.83. The summed E-state index contributed by atoms with van der Waals surface area (Å²) in [6.45, 7) is 5.98. The highest BCUT2D eigenvalue weighted by Crippen LogP contribution is 2.10. The first-order valence-electron chi connectivity index (χ1n) is 6.77. The predicted molar refractivity (Wildman–Crippen MR) is 71.6 cm³/mol. The number of carbonyl (C=O) groups is 1. The molecule has 0 fully saturated rings. The first kappa shape index (κ1) is 20.5. The molecule has 0 aliphatic heterocycles. The van der Waals surface area contributed by atoms with Crippen LogP contribution in [0.15, 0.2) is 0 Å². The van der Waals surface area contributed by atoms with Gasteiger partial charge < -0.3 is 25.2 Å². The van der Waals surface area contributed by atoms with Crippen LogP contribution in [0.25, 0.3) is 0 Å². The first-order valence-corrected chi connectivity index (χ1v) is 6.77. The lowest BCUT2D eigenvalue weighted by Crippen LogP contribution is -2.18. The highest BCUT2D eigenvalue weighted by atomic mass is 16.7. The van der Waals surface area contributed by atoms with Crippen LogP contribution in [-0.4, -0.2) is 39.2 Å². The van der Waals surface area contributed by atoms with Crippen molar-refractivity contribution in [1.82, 2.24) is 0 Å². The van der Waals surface area contributed by atoms with E-state index in [-0.39, 0.29) is 5.92 Å². The van der Waals surface area contributed by atoms with E-state index < -0.39 is 18.7 Å². The molecule has 2 atom stereocenters.